The van der Waals surface area contributed by atoms with E-state index in [-0.39, 0.29) is 11.3 Å². The molecule has 0 aliphatic carbocycles. The molecular weight excluding hydrogens is 262 g/mol. The Hall–Kier alpha value is -2.89. The molecule has 1 N–H and O–H groups in total. The molecular formula is C14H11NO5. The number of para-hydroxylation sites is 1. The molecule has 0 aromatic heterocycles. The molecule has 0 fully saturated rings. The van der Waals surface area contributed by atoms with Gasteiger partial charge in [-0.25, -0.2) is 4.79 Å². The molecule has 0 aliphatic rings. The zero-order valence-electron chi connectivity index (χ0n) is 10.6. The highest BCUT2D eigenvalue weighted by Crippen LogP contribution is 2.32. The van der Waals surface area contributed by atoms with E-state index in [2.05, 4.69) is 0 Å². The monoisotopic (exact) mass is 273 g/mol. The summed E-state index contributed by atoms with van der Waals surface area (Å²) >= 11 is 0. The number of rotatable bonds is 4. The zero-order valence-corrected chi connectivity index (χ0v) is 10.6. The number of nitro benzene ring substituents is 1. The molecule has 20 heavy (non-hydrogen) atoms. The maximum Gasteiger partial charge on any atom is 0.335 e. The molecule has 0 heterocycles. The Morgan fingerprint density at radius 2 is 1.95 bits per heavy atom. The van der Waals surface area contributed by atoms with Gasteiger partial charge in [-0.2, -0.15) is 0 Å². The van der Waals surface area contributed by atoms with Crippen LogP contribution in [0, 0.1) is 10.1 Å². The van der Waals surface area contributed by atoms with Crippen molar-refractivity contribution in [3.8, 4) is 16.9 Å². The molecule has 0 spiro atoms. The predicted molar refractivity (Wildman–Crippen MR) is 72.0 cm³/mol. The van der Waals surface area contributed by atoms with Gasteiger partial charge in [-0.3, -0.25) is 10.1 Å². The summed E-state index contributed by atoms with van der Waals surface area (Å²) in [5, 5.41) is 19.9. The maximum absolute atomic E-state index is 11.1. The van der Waals surface area contributed by atoms with E-state index >= 15 is 0 Å². The Kier molecular flexibility index (Phi) is 3.65. The highest BCUT2D eigenvalue weighted by Gasteiger charge is 2.16. The van der Waals surface area contributed by atoms with E-state index in [1.807, 2.05) is 0 Å². The fraction of sp³-hybridized carbons (Fsp3) is 0.0714. The smallest absolute Gasteiger partial charge is 0.335 e. The molecule has 2 aromatic rings. The molecule has 0 saturated heterocycles. The van der Waals surface area contributed by atoms with Crippen molar-refractivity contribution in [2.45, 2.75) is 0 Å². The number of nitrogens with zero attached hydrogens (tertiary/aromatic N) is 1. The van der Waals surface area contributed by atoms with E-state index in [4.69, 9.17) is 9.84 Å². The first-order valence-electron chi connectivity index (χ1n) is 5.69. The molecule has 0 amide bonds. The van der Waals surface area contributed by atoms with E-state index in [9.17, 15) is 14.9 Å². The van der Waals surface area contributed by atoms with Crippen LogP contribution in [0.5, 0.6) is 5.75 Å². The largest absolute Gasteiger partial charge is 0.496 e. The van der Waals surface area contributed by atoms with Gasteiger partial charge in [0.05, 0.1) is 17.6 Å². The van der Waals surface area contributed by atoms with Crippen molar-refractivity contribution in [1.29, 1.82) is 0 Å². The van der Waals surface area contributed by atoms with Crippen molar-refractivity contribution in [3.63, 3.8) is 0 Å². The van der Waals surface area contributed by atoms with Gasteiger partial charge in [0.25, 0.3) is 5.69 Å². The summed E-state index contributed by atoms with van der Waals surface area (Å²) in [6.07, 6.45) is 0. The van der Waals surface area contributed by atoms with Gasteiger partial charge >= 0.3 is 5.97 Å². The van der Waals surface area contributed by atoms with Gasteiger partial charge < -0.3 is 9.84 Å². The lowest BCUT2D eigenvalue weighted by Gasteiger charge is -2.09. The van der Waals surface area contributed by atoms with Gasteiger partial charge in [-0.05, 0) is 17.7 Å². The van der Waals surface area contributed by atoms with Crippen LogP contribution >= 0.6 is 0 Å². The summed E-state index contributed by atoms with van der Waals surface area (Å²) < 4.78 is 5.18. The third-order valence-electron chi connectivity index (χ3n) is 2.79. The minimum absolute atomic E-state index is 0.139. The number of benzene rings is 2. The average Bonchev–Trinajstić information content (AvgIpc) is 2.46. The lowest BCUT2D eigenvalue weighted by Crippen LogP contribution is -1.99. The standard InChI is InChI=1S/C14H11NO5/c1-20-13-5-3-2-4-12(13)9-6-10(14(16)17)8-11(7-9)15(18)19/h2-8H,1H3,(H,16,17). The Morgan fingerprint density at radius 3 is 2.55 bits per heavy atom. The first-order chi connectivity index (χ1) is 9.52. The minimum Gasteiger partial charge on any atom is -0.496 e. The summed E-state index contributed by atoms with van der Waals surface area (Å²) in [6, 6.07) is 10.7. The number of aromatic carboxylic acids is 1. The molecule has 2 rings (SSSR count). The zero-order chi connectivity index (χ0) is 14.7. The quantitative estimate of drug-likeness (QED) is 0.683. The molecule has 0 saturated carbocycles. The topological polar surface area (TPSA) is 89.7 Å². The summed E-state index contributed by atoms with van der Waals surface area (Å²) in [7, 11) is 1.48. The van der Waals surface area contributed by atoms with Crippen molar-refractivity contribution < 1.29 is 19.6 Å². The lowest BCUT2D eigenvalue weighted by atomic mass is 10.0. The van der Waals surface area contributed by atoms with Crippen molar-refractivity contribution in [2.24, 2.45) is 0 Å². The van der Waals surface area contributed by atoms with Crippen LogP contribution in [0.2, 0.25) is 0 Å². The number of nitro groups is 1. The first-order valence-corrected chi connectivity index (χ1v) is 5.69. The van der Waals surface area contributed by atoms with Crippen LogP contribution in [0.3, 0.4) is 0 Å². The lowest BCUT2D eigenvalue weighted by molar-refractivity contribution is -0.384. The van der Waals surface area contributed by atoms with Gasteiger partial charge in [-0.1, -0.05) is 18.2 Å². The highest BCUT2D eigenvalue weighted by molar-refractivity contribution is 5.91. The molecule has 2 aromatic carbocycles. The van der Waals surface area contributed by atoms with Crippen LogP contribution < -0.4 is 4.74 Å². The summed E-state index contributed by atoms with van der Waals surface area (Å²) in [5.41, 5.74) is 0.612. The number of carbonyl (C=O) groups is 1. The second-order valence-corrected chi connectivity index (χ2v) is 4.03. The van der Waals surface area contributed by atoms with Gasteiger partial charge in [0, 0.05) is 17.7 Å². The SMILES string of the molecule is COc1ccccc1-c1cc(C(=O)O)cc([N+](=O)[O-])c1. The van der Waals surface area contributed by atoms with Gasteiger partial charge in [0.1, 0.15) is 5.75 Å². The maximum atomic E-state index is 11.1. The van der Waals surface area contributed by atoms with Crippen molar-refractivity contribution in [2.75, 3.05) is 7.11 Å². The van der Waals surface area contributed by atoms with E-state index in [0.717, 1.165) is 6.07 Å². The van der Waals surface area contributed by atoms with Crippen LogP contribution in [0.1, 0.15) is 10.4 Å². The number of ether oxygens (including phenoxy) is 1. The van der Waals surface area contributed by atoms with Crippen LogP contribution in [0.25, 0.3) is 11.1 Å². The first kappa shape index (κ1) is 13.5. The second-order valence-electron chi connectivity index (χ2n) is 4.03. The number of non-ortho nitro benzene ring substituents is 1. The van der Waals surface area contributed by atoms with E-state index in [0.29, 0.717) is 16.9 Å². The Labute approximate surface area is 114 Å². The third kappa shape index (κ3) is 2.59. The van der Waals surface area contributed by atoms with Gasteiger partial charge in [-0.15, -0.1) is 0 Å². The molecule has 0 aliphatic heterocycles. The number of hydrogen-bond acceptors (Lipinski definition) is 4. The minimum atomic E-state index is -1.22. The number of methoxy groups -OCH3 is 1. The average molecular weight is 273 g/mol. The normalized spacial score (nSPS) is 10.1. The fourth-order valence-corrected chi connectivity index (χ4v) is 1.88. The third-order valence-corrected chi connectivity index (χ3v) is 2.79. The number of hydrogen-bond donors (Lipinski definition) is 1. The molecule has 6 nitrogen and oxygen atoms in total. The molecule has 6 heteroatoms. The fourth-order valence-electron chi connectivity index (χ4n) is 1.88. The van der Waals surface area contributed by atoms with Crippen molar-refractivity contribution >= 4 is 11.7 Å². The molecule has 0 unspecified atom stereocenters. The molecule has 102 valence electrons. The predicted octanol–water partition coefficient (Wildman–Crippen LogP) is 2.97. The molecule has 0 radical (unpaired) electrons. The highest BCUT2D eigenvalue weighted by atomic mass is 16.6. The van der Waals surface area contributed by atoms with Crippen molar-refractivity contribution in [3.05, 3.63) is 58.1 Å². The van der Waals surface area contributed by atoms with Gasteiger partial charge in [0.2, 0.25) is 0 Å². The second kappa shape index (κ2) is 5.40. The van der Waals surface area contributed by atoms with Crippen LogP contribution in [0.4, 0.5) is 5.69 Å². The molecule has 0 atom stereocenters. The van der Waals surface area contributed by atoms with Crippen LogP contribution in [-0.4, -0.2) is 23.1 Å². The number of carboxylic acids is 1. The van der Waals surface area contributed by atoms with Gasteiger partial charge in [0.15, 0.2) is 0 Å². The Bertz CT molecular complexity index is 649. The van der Waals surface area contributed by atoms with Crippen molar-refractivity contribution in [1.82, 2.24) is 0 Å². The Balaban J connectivity index is 2.67. The summed E-state index contributed by atoms with van der Waals surface area (Å²) in [6.45, 7) is 0. The van der Waals surface area contributed by atoms with Crippen LogP contribution in [-0.2, 0) is 0 Å². The van der Waals surface area contributed by atoms with E-state index in [1.54, 1.807) is 24.3 Å². The summed E-state index contributed by atoms with van der Waals surface area (Å²) in [4.78, 5) is 21.3. The van der Waals surface area contributed by atoms with E-state index < -0.39 is 10.9 Å². The van der Waals surface area contributed by atoms with E-state index in [1.165, 1.54) is 19.2 Å². The van der Waals surface area contributed by atoms with Crippen LogP contribution in [0.15, 0.2) is 42.5 Å². The number of carboxylic acid groups (broad SMARTS) is 1. The Morgan fingerprint density at radius 1 is 1.25 bits per heavy atom. The molecule has 0 bridgehead atoms. The summed E-state index contributed by atoms with van der Waals surface area (Å²) in [5.74, 6) is -0.700.